The van der Waals surface area contributed by atoms with Gasteiger partial charge in [0.15, 0.2) is 5.82 Å². The SMILES string of the molecule is CN1C(=O)CC(C(=O)O)C12CCN(c1ccncc1F)CC2. The number of carboxylic acid groups (broad SMARTS) is 1. The maximum atomic E-state index is 13.8. The Morgan fingerprint density at radius 2 is 2.14 bits per heavy atom. The fourth-order valence-corrected chi connectivity index (χ4v) is 3.74. The summed E-state index contributed by atoms with van der Waals surface area (Å²) in [7, 11) is 1.67. The molecule has 7 heteroatoms. The normalized spacial score (nSPS) is 24.1. The van der Waals surface area contributed by atoms with Crippen molar-refractivity contribution in [1.82, 2.24) is 9.88 Å². The minimum atomic E-state index is -0.929. The van der Waals surface area contributed by atoms with Crippen LogP contribution in [-0.4, -0.2) is 52.5 Å². The van der Waals surface area contributed by atoms with Crippen molar-refractivity contribution >= 4 is 17.6 Å². The highest BCUT2D eigenvalue weighted by Gasteiger charge is 2.55. The molecule has 118 valence electrons. The third-order valence-electron chi connectivity index (χ3n) is 5.09. The van der Waals surface area contributed by atoms with E-state index in [2.05, 4.69) is 4.98 Å². The van der Waals surface area contributed by atoms with E-state index in [-0.39, 0.29) is 18.1 Å². The lowest BCUT2D eigenvalue weighted by molar-refractivity contribution is -0.145. The first-order chi connectivity index (χ1) is 10.5. The number of halogens is 1. The number of aromatic nitrogens is 1. The molecule has 1 atom stereocenters. The molecule has 1 aromatic rings. The van der Waals surface area contributed by atoms with E-state index in [0.717, 1.165) is 0 Å². The lowest BCUT2D eigenvalue weighted by Crippen LogP contribution is -2.56. The quantitative estimate of drug-likeness (QED) is 0.886. The molecule has 22 heavy (non-hydrogen) atoms. The molecule has 0 aliphatic carbocycles. The minimum Gasteiger partial charge on any atom is -0.481 e. The summed E-state index contributed by atoms with van der Waals surface area (Å²) in [4.78, 5) is 30.7. The zero-order valence-electron chi connectivity index (χ0n) is 12.3. The summed E-state index contributed by atoms with van der Waals surface area (Å²) in [5.41, 5.74) is -0.174. The van der Waals surface area contributed by atoms with Crippen molar-refractivity contribution in [3.63, 3.8) is 0 Å². The van der Waals surface area contributed by atoms with Crippen LogP contribution in [0.2, 0.25) is 0 Å². The van der Waals surface area contributed by atoms with Crippen LogP contribution in [0, 0.1) is 11.7 Å². The average Bonchev–Trinajstić information content (AvgIpc) is 2.74. The van der Waals surface area contributed by atoms with Gasteiger partial charge in [-0.15, -0.1) is 0 Å². The van der Waals surface area contributed by atoms with Gasteiger partial charge in [-0.3, -0.25) is 14.6 Å². The number of carboxylic acids is 1. The molecule has 1 aromatic heterocycles. The van der Waals surface area contributed by atoms with Crippen molar-refractivity contribution in [3.8, 4) is 0 Å². The largest absolute Gasteiger partial charge is 0.481 e. The standard InChI is InChI=1S/C15H18FN3O3/c1-18-13(20)8-10(14(21)22)15(18)3-6-19(7-4-15)12-2-5-17-9-11(12)16/h2,5,9-10H,3-4,6-8H2,1H3,(H,21,22). The van der Waals surface area contributed by atoms with Gasteiger partial charge in [0, 0.05) is 32.8 Å². The smallest absolute Gasteiger partial charge is 0.309 e. The molecule has 0 bridgehead atoms. The van der Waals surface area contributed by atoms with Crippen LogP contribution in [0.25, 0.3) is 0 Å². The number of hydrogen-bond donors (Lipinski definition) is 1. The Labute approximate surface area is 127 Å². The maximum absolute atomic E-state index is 13.8. The van der Waals surface area contributed by atoms with Crippen molar-refractivity contribution in [2.45, 2.75) is 24.8 Å². The van der Waals surface area contributed by atoms with Crippen molar-refractivity contribution in [1.29, 1.82) is 0 Å². The Kier molecular flexibility index (Phi) is 3.50. The number of nitrogens with zero attached hydrogens (tertiary/aromatic N) is 3. The van der Waals surface area contributed by atoms with Gasteiger partial charge in [-0.2, -0.15) is 0 Å². The number of hydrogen-bond acceptors (Lipinski definition) is 4. The Balaban J connectivity index is 1.82. The Morgan fingerprint density at radius 3 is 2.73 bits per heavy atom. The molecule has 2 aliphatic rings. The number of amides is 1. The molecule has 6 nitrogen and oxygen atoms in total. The number of carbonyl (C=O) groups excluding carboxylic acids is 1. The first kappa shape index (κ1) is 14.7. The number of carbonyl (C=O) groups is 2. The lowest BCUT2D eigenvalue weighted by Gasteiger charge is -2.46. The Morgan fingerprint density at radius 1 is 1.45 bits per heavy atom. The molecule has 1 N–H and O–H groups in total. The van der Waals surface area contributed by atoms with Crippen molar-refractivity contribution in [3.05, 3.63) is 24.3 Å². The number of aliphatic carboxylic acids is 1. The molecule has 3 rings (SSSR count). The van der Waals surface area contributed by atoms with Gasteiger partial charge in [-0.05, 0) is 18.9 Å². The number of rotatable bonds is 2. The number of pyridine rings is 1. The van der Waals surface area contributed by atoms with Gasteiger partial charge in [-0.25, -0.2) is 4.39 Å². The van der Waals surface area contributed by atoms with Gasteiger partial charge in [-0.1, -0.05) is 0 Å². The highest BCUT2D eigenvalue weighted by molar-refractivity contribution is 5.88. The number of piperidine rings is 1. The van der Waals surface area contributed by atoms with E-state index >= 15 is 0 Å². The fraction of sp³-hybridized carbons (Fsp3) is 0.533. The van der Waals surface area contributed by atoms with Gasteiger partial charge in [0.1, 0.15) is 0 Å². The van der Waals surface area contributed by atoms with Crippen LogP contribution in [0.15, 0.2) is 18.5 Å². The monoisotopic (exact) mass is 307 g/mol. The molecule has 0 saturated carbocycles. The third-order valence-corrected chi connectivity index (χ3v) is 5.09. The minimum absolute atomic E-state index is 0.0510. The first-order valence-corrected chi connectivity index (χ1v) is 7.29. The fourth-order valence-electron chi connectivity index (χ4n) is 3.74. The van der Waals surface area contributed by atoms with Gasteiger partial charge < -0.3 is 14.9 Å². The summed E-state index contributed by atoms with van der Waals surface area (Å²) in [6, 6.07) is 1.62. The van der Waals surface area contributed by atoms with Gasteiger partial charge in [0.05, 0.1) is 23.3 Å². The first-order valence-electron chi connectivity index (χ1n) is 7.29. The van der Waals surface area contributed by atoms with Crippen LogP contribution in [0.5, 0.6) is 0 Å². The molecule has 1 spiro atoms. The maximum Gasteiger partial charge on any atom is 0.309 e. The molecule has 2 fully saturated rings. The predicted molar refractivity (Wildman–Crippen MR) is 76.9 cm³/mol. The van der Waals surface area contributed by atoms with Gasteiger partial charge in [0.2, 0.25) is 5.91 Å². The molecule has 0 radical (unpaired) electrons. The lowest BCUT2D eigenvalue weighted by atomic mass is 9.77. The molecule has 2 aliphatic heterocycles. The summed E-state index contributed by atoms with van der Waals surface area (Å²) < 4.78 is 13.8. The molecule has 2 saturated heterocycles. The number of likely N-dealkylation sites (tertiary alicyclic amines) is 1. The van der Waals surface area contributed by atoms with Crippen LogP contribution >= 0.6 is 0 Å². The highest BCUT2D eigenvalue weighted by atomic mass is 19.1. The summed E-state index contributed by atoms with van der Waals surface area (Å²) in [5.74, 6) is -2.13. The van der Waals surface area contributed by atoms with Crippen molar-refractivity contribution in [2.24, 2.45) is 5.92 Å². The van der Waals surface area contributed by atoms with E-state index in [0.29, 0.717) is 31.6 Å². The van der Waals surface area contributed by atoms with Crippen LogP contribution in [0.1, 0.15) is 19.3 Å². The molecule has 0 aromatic carbocycles. The Bertz CT molecular complexity index is 614. The topological polar surface area (TPSA) is 73.7 Å². The van der Waals surface area contributed by atoms with Crippen LogP contribution in [0.3, 0.4) is 0 Å². The summed E-state index contributed by atoms with van der Waals surface area (Å²) in [5, 5.41) is 9.43. The summed E-state index contributed by atoms with van der Waals surface area (Å²) in [6.45, 7) is 1.03. The van der Waals surface area contributed by atoms with E-state index < -0.39 is 17.4 Å². The second kappa shape index (κ2) is 5.23. The number of anilines is 1. The molecule has 1 unspecified atom stereocenters. The summed E-state index contributed by atoms with van der Waals surface area (Å²) >= 11 is 0. The van der Waals surface area contributed by atoms with Crippen molar-refractivity contribution in [2.75, 3.05) is 25.0 Å². The van der Waals surface area contributed by atoms with E-state index in [1.807, 2.05) is 4.90 Å². The van der Waals surface area contributed by atoms with Gasteiger partial charge >= 0.3 is 5.97 Å². The second-order valence-corrected chi connectivity index (χ2v) is 5.97. The van der Waals surface area contributed by atoms with E-state index in [1.165, 1.54) is 12.4 Å². The zero-order chi connectivity index (χ0) is 15.9. The zero-order valence-corrected chi connectivity index (χ0v) is 12.3. The summed E-state index contributed by atoms with van der Waals surface area (Å²) in [6.07, 6.45) is 3.80. The van der Waals surface area contributed by atoms with Crippen LogP contribution in [0.4, 0.5) is 10.1 Å². The Hall–Kier alpha value is -2.18. The molecule has 1 amide bonds. The van der Waals surface area contributed by atoms with Crippen LogP contribution in [-0.2, 0) is 9.59 Å². The molecular formula is C15H18FN3O3. The van der Waals surface area contributed by atoms with E-state index in [4.69, 9.17) is 0 Å². The van der Waals surface area contributed by atoms with Gasteiger partial charge in [0.25, 0.3) is 0 Å². The predicted octanol–water partition coefficient (Wildman–Crippen LogP) is 1.12. The average molecular weight is 307 g/mol. The highest BCUT2D eigenvalue weighted by Crippen LogP contribution is 2.43. The third kappa shape index (κ3) is 2.12. The van der Waals surface area contributed by atoms with E-state index in [1.54, 1.807) is 18.0 Å². The van der Waals surface area contributed by atoms with E-state index in [9.17, 15) is 19.1 Å². The second-order valence-electron chi connectivity index (χ2n) is 5.97. The molecule has 3 heterocycles. The van der Waals surface area contributed by atoms with Crippen LogP contribution < -0.4 is 4.90 Å². The van der Waals surface area contributed by atoms with Crippen molar-refractivity contribution < 1.29 is 19.1 Å². The molecular weight excluding hydrogens is 289 g/mol.